The van der Waals surface area contributed by atoms with Gasteiger partial charge < -0.3 is 9.64 Å². The minimum absolute atomic E-state index is 0.0911. The monoisotopic (exact) mass is 429 g/mol. The van der Waals surface area contributed by atoms with Crippen molar-refractivity contribution in [2.24, 2.45) is 0 Å². The molecule has 1 atom stereocenters. The summed E-state index contributed by atoms with van der Waals surface area (Å²) in [5.74, 6) is 0.931. The molecule has 0 bridgehead atoms. The predicted octanol–water partition coefficient (Wildman–Crippen LogP) is 3.95. The molecule has 0 unspecified atom stereocenters. The smallest absolute Gasteiger partial charge is 0.276 e. The predicted molar refractivity (Wildman–Crippen MR) is 118 cm³/mol. The number of likely N-dealkylation sites (tertiary alicyclic amines) is 1. The summed E-state index contributed by atoms with van der Waals surface area (Å²) in [5.41, 5.74) is 1.15. The molecule has 0 N–H and O–H groups in total. The fraction of sp³-hybridized carbons (Fsp3) is 0.381. The Kier molecular flexibility index (Phi) is 5.91. The Hall–Kier alpha value is -2.32. The van der Waals surface area contributed by atoms with Gasteiger partial charge >= 0.3 is 0 Å². The van der Waals surface area contributed by atoms with Crippen LogP contribution in [0.1, 0.15) is 26.2 Å². The first-order valence-corrected chi connectivity index (χ1v) is 11.5. The fourth-order valence-electron chi connectivity index (χ4n) is 3.69. The average molecular weight is 430 g/mol. The van der Waals surface area contributed by atoms with Crippen molar-refractivity contribution < 1.29 is 9.53 Å². The van der Waals surface area contributed by atoms with E-state index in [1.165, 1.54) is 29.5 Å². The molecule has 152 valence electrons. The van der Waals surface area contributed by atoms with Crippen LogP contribution in [0.4, 0.5) is 0 Å². The highest BCUT2D eigenvalue weighted by molar-refractivity contribution is 7.99. The van der Waals surface area contributed by atoms with Crippen molar-refractivity contribution in [1.29, 1.82) is 0 Å². The summed E-state index contributed by atoms with van der Waals surface area (Å²) in [4.78, 5) is 32.7. The number of piperidine rings is 1. The molecule has 0 radical (unpaired) electrons. The van der Waals surface area contributed by atoms with Gasteiger partial charge in [-0.25, -0.2) is 4.98 Å². The van der Waals surface area contributed by atoms with Crippen LogP contribution >= 0.6 is 23.1 Å². The Morgan fingerprint density at radius 1 is 1.31 bits per heavy atom. The van der Waals surface area contributed by atoms with Gasteiger partial charge in [-0.05, 0) is 49.8 Å². The number of carbonyl (C=O) groups is 1. The maximum Gasteiger partial charge on any atom is 0.276 e. The van der Waals surface area contributed by atoms with E-state index >= 15 is 0 Å². The van der Waals surface area contributed by atoms with E-state index in [4.69, 9.17) is 9.72 Å². The molecule has 1 aliphatic heterocycles. The third-order valence-electron chi connectivity index (χ3n) is 5.22. The van der Waals surface area contributed by atoms with Crippen molar-refractivity contribution in [3.8, 4) is 11.4 Å². The fourth-order valence-corrected chi connectivity index (χ4v) is 5.34. The minimum Gasteiger partial charge on any atom is -0.495 e. The first-order chi connectivity index (χ1) is 14.1. The maximum atomic E-state index is 13.2. The van der Waals surface area contributed by atoms with Gasteiger partial charge in [-0.15, -0.1) is 11.3 Å². The number of carbonyl (C=O) groups excluding carboxylic acids is 1. The first-order valence-electron chi connectivity index (χ1n) is 9.66. The van der Waals surface area contributed by atoms with Crippen LogP contribution < -0.4 is 10.3 Å². The molecule has 2 aromatic heterocycles. The van der Waals surface area contributed by atoms with Gasteiger partial charge in [0.2, 0.25) is 5.91 Å². The van der Waals surface area contributed by atoms with E-state index in [1.807, 2.05) is 40.6 Å². The van der Waals surface area contributed by atoms with E-state index in [2.05, 4.69) is 6.92 Å². The normalized spacial score (nSPS) is 16.9. The molecule has 3 heterocycles. The summed E-state index contributed by atoms with van der Waals surface area (Å²) < 4.78 is 7.63. The number of aromatic nitrogens is 2. The zero-order valence-electron chi connectivity index (χ0n) is 16.5. The SMILES string of the molecule is COc1ccccc1-n1c(SCC(=O)N2CCCC[C@@H]2C)nc2ccsc2c1=O. The Morgan fingerprint density at radius 2 is 2.14 bits per heavy atom. The van der Waals surface area contributed by atoms with E-state index in [9.17, 15) is 9.59 Å². The van der Waals surface area contributed by atoms with Crippen LogP contribution in [0, 0.1) is 0 Å². The Balaban J connectivity index is 1.71. The molecule has 1 aromatic carbocycles. The van der Waals surface area contributed by atoms with Crippen molar-refractivity contribution in [1.82, 2.24) is 14.5 Å². The second kappa shape index (κ2) is 8.59. The third-order valence-corrected chi connectivity index (χ3v) is 7.04. The Bertz CT molecular complexity index is 1090. The number of nitrogens with zero attached hydrogens (tertiary/aromatic N) is 3. The number of thiophene rings is 1. The Morgan fingerprint density at radius 3 is 2.93 bits per heavy atom. The highest BCUT2D eigenvalue weighted by Gasteiger charge is 2.24. The van der Waals surface area contributed by atoms with Crippen molar-refractivity contribution in [3.05, 3.63) is 46.1 Å². The summed E-state index contributed by atoms with van der Waals surface area (Å²) in [6.45, 7) is 2.90. The van der Waals surface area contributed by atoms with Gasteiger partial charge in [-0.1, -0.05) is 23.9 Å². The molecule has 0 saturated carbocycles. The molecule has 8 heteroatoms. The molecule has 3 aromatic rings. The van der Waals surface area contributed by atoms with E-state index in [0.717, 1.165) is 19.4 Å². The van der Waals surface area contributed by atoms with Crippen LogP contribution in [-0.2, 0) is 4.79 Å². The van der Waals surface area contributed by atoms with Gasteiger partial charge in [0.05, 0.1) is 24.1 Å². The molecule has 1 fully saturated rings. The lowest BCUT2D eigenvalue weighted by atomic mass is 10.0. The second-order valence-electron chi connectivity index (χ2n) is 7.06. The van der Waals surface area contributed by atoms with E-state index < -0.39 is 0 Å². The molecular formula is C21H23N3O3S2. The lowest BCUT2D eigenvalue weighted by Gasteiger charge is -2.33. The van der Waals surface area contributed by atoms with Gasteiger partial charge in [-0.3, -0.25) is 14.2 Å². The quantitative estimate of drug-likeness (QED) is 0.454. The van der Waals surface area contributed by atoms with Gasteiger partial charge in [0, 0.05) is 12.6 Å². The summed E-state index contributed by atoms with van der Waals surface area (Å²) in [7, 11) is 1.58. The molecule has 29 heavy (non-hydrogen) atoms. The number of hydrogen-bond donors (Lipinski definition) is 0. The molecule has 6 nitrogen and oxygen atoms in total. The number of ether oxygens (including phenoxy) is 1. The standard InChI is InChI=1S/C21H23N3O3S2/c1-14-7-5-6-11-23(14)18(25)13-29-21-22-15-10-12-28-19(15)20(26)24(21)16-8-3-4-9-17(16)27-2/h3-4,8-10,12,14H,5-7,11,13H2,1-2H3/t14-/m0/s1. The largest absolute Gasteiger partial charge is 0.495 e. The summed E-state index contributed by atoms with van der Waals surface area (Å²) in [5, 5.41) is 2.36. The van der Waals surface area contributed by atoms with Crippen molar-refractivity contribution >= 4 is 39.2 Å². The molecule has 0 spiro atoms. The average Bonchev–Trinajstić information content (AvgIpc) is 3.21. The summed E-state index contributed by atoms with van der Waals surface area (Å²) >= 11 is 2.68. The molecule has 4 rings (SSSR count). The molecule has 1 saturated heterocycles. The van der Waals surface area contributed by atoms with Crippen molar-refractivity contribution in [2.75, 3.05) is 19.4 Å². The third kappa shape index (κ3) is 3.91. The molecule has 1 aliphatic rings. The lowest BCUT2D eigenvalue weighted by Crippen LogP contribution is -2.43. The first kappa shape index (κ1) is 20.0. The minimum atomic E-state index is -0.143. The van der Waals surface area contributed by atoms with Crippen molar-refractivity contribution in [3.63, 3.8) is 0 Å². The van der Waals surface area contributed by atoms with Gasteiger partial charge in [0.15, 0.2) is 5.16 Å². The number of para-hydroxylation sites is 2. The second-order valence-corrected chi connectivity index (χ2v) is 8.92. The van der Waals surface area contributed by atoms with Crippen molar-refractivity contribution in [2.45, 2.75) is 37.4 Å². The highest BCUT2D eigenvalue weighted by atomic mass is 32.2. The van der Waals surface area contributed by atoms with Gasteiger partial charge in [0.25, 0.3) is 5.56 Å². The molecule has 0 aliphatic carbocycles. The van der Waals surface area contributed by atoms with Crippen LogP contribution in [-0.4, -0.2) is 45.8 Å². The number of hydrogen-bond acceptors (Lipinski definition) is 6. The zero-order chi connectivity index (χ0) is 20.4. The maximum absolute atomic E-state index is 13.2. The van der Waals surface area contributed by atoms with Crippen LogP contribution in [0.3, 0.4) is 0 Å². The zero-order valence-corrected chi connectivity index (χ0v) is 18.1. The molecule has 1 amide bonds. The van der Waals surface area contributed by atoms with E-state index in [-0.39, 0.29) is 23.3 Å². The van der Waals surface area contributed by atoms with Gasteiger partial charge in [0.1, 0.15) is 10.4 Å². The number of methoxy groups -OCH3 is 1. The van der Waals surface area contributed by atoms with Gasteiger partial charge in [-0.2, -0.15) is 0 Å². The highest BCUT2D eigenvalue weighted by Crippen LogP contribution is 2.28. The van der Waals surface area contributed by atoms with Crippen LogP contribution in [0.25, 0.3) is 15.9 Å². The van der Waals surface area contributed by atoms with Crippen LogP contribution in [0.5, 0.6) is 5.75 Å². The Labute approximate surface area is 177 Å². The summed E-state index contributed by atoms with van der Waals surface area (Å²) in [6.07, 6.45) is 3.26. The lowest BCUT2D eigenvalue weighted by molar-refractivity contribution is -0.131. The molecular weight excluding hydrogens is 406 g/mol. The topological polar surface area (TPSA) is 64.4 Å². The summed E-state index contributed by atoms with van der Waals surface area (Å²) in [6, 6.07) is 9.47. The van der Waals surface area contributed by atoms with E-state index in [1.54, 1.807) is 11.7 Å². The number of rotatable bonds is 5. The van der Waals surface area contributed by atoms with Crippen LogP contribution in [0.15, 0.2) is 45.7 Å². The number of amides is 1. The number of fused-ring (bicyclic) bond motifs is 1. The number of benzene rings is 1. The van der Waals surface area contributed by atoms with E-state index in [0.29, 0.717) is 26.8 Å². The number of thioether (sulfide) groups is 1. The van der Waals surface area contributed by atoms with Crippen LogP contribution in [0.2, 0.25) is 0 Å².